The molecular weight excluding hydrogens is 236 g/mol. The summed E-state index contributed by atoms with van der Waals surface area (Å²) in [4.78, 5) is 6.80. The third kappa shape index (κ3) is 2.73. The van der Waals surface area contributed by atoms with E-state index in [-0.39, 0.29) is 12.1 Å². The Morgan fingerprint density at radius 2 is 2.05 bits per heavy atom. The van der Waals surface area contributed by atoms with E-state index in [9.17, 15) is 0 Å². The zero-order chi connectivity index (χ0) is 14.0. The minimum absolute atomic E-state index is 0.0600. The molecule has 2 unspecified atom stereocenters. The Kier molecular flexibility index (Phi) is 4.10. The first-order valence-electron chi connectivity index (χ1n) is 6.96. The van der Waals surface area contributed by atoms with Crippen molar-refractivity contribution in [3.05, 3.63) is 35.4 Å². The summed E-state index contributed by atoms with van der Waals surface area (Å²) in [7, 11) is 0. The van der Waals surface area contributed by atoms with Gasteiger partial charge in [0.1, 0.15) is 6.17 Å². The number of benzene rings is 1. The first-order valence-corrected chi connectivity index (χ1v) is 6.96. The fourth-order valence-corrected chi connectivity index (χ4v) is 3.05. The number of hydrogen-bond acceptors (Lipinski definition) is 2. The van der Waals surface area contributed by atoms with Crippen molar-refractivity contribution in [2.75, 3.05) is 0 Å². The van der Waals surface area contributed by atoms with Gasteiger partial charge >= 0.3 is 0 Å². The van der Waals surface area contributed by atoms with Crippen molar-refractivity contribution < 1.29 is 0 Å². The monoisotopic (exact) mass is 260 g/mol. The topological polar surface area (TPSA) is 67.6 Å². The summed E-state index contributed by atoms with van der Waals surface area (Å²) in [6.45, 7) is 7.55. The average Bonchev–Trinajstić information content (AvgIpc) is 2.74. The molecule has 0 spiro atoms. The number of rotatable bonds is 4. The molecule has 2 rings (SSSR count). The molecule has 19 heavy (non-hydrogen) atoms. The van der Waals surface area contributed by atoms with Crippen LogP contribution in [0.15, 0.2) is 29.3 Å². The van der Waals surface area contributed by atoms with Crippen molar-refractivity contribution in [3.63, 3.8) is 0 Å². The molecule has 0 radical (unpaired) electrons. The van der Waals surface area contributed by atoms with Crippen LogP contribution in [0.1, 0.15) is 44.4 Å². The van der Waals surface area contributed by atoms with Crippen molar-refractivity contribution in [2.24, 2.45) is 22.4 Å². The molecule has 1 heterocycles. The predicted molar refractivity (Wildman–Crippen MR) is 79.5 cm³/mol. The van der Waals surface area contributed by atoms with E-state index in [0.29, 0.717) is 12.0 Å². The van der Waals surface area contributed by atoms with Gasteiger partial charge in [-0.15, -0.1) is 0 Å². The van der Waals surface area contributed by atoms with Crippen LogP contribution >= 0.6 is 0 Å². The van der Waals surface area contributed by atoms with Crippen molar-refractivity contribution in [3.8, 4) is 0 Å². The molecule has 0 saturated carbocycles. The Bertz CT molecular complexity index is 463. The molecule has 0 amide bonds. The lowest BCUT2D eigenvalue weighted by atomic mass is 9.95. The number of nitrogens with two attached hydrogens (primary N) is 2. The summed E-state index contributed by atoms with van der Waals surface area (Å²) >= 11 is 0. The van der Waals surface area contributed by atoms with Crippen LogP contribution in [0.25, 0.3) is 0 Å². The van der Waals surface area contributed by atoms with Crippen LogP contribution in [0.4, 0.5) is 0 Å². The normalized spacial score (nSPS) is 20.3. The van der Waals surface area contributed by atoms with Crippen LogP contribution in [-0.4, -0.2) is 17.0 Å². The molecule has 1 aromatic rings. The third-order valence-electron chi connectivity index (χ3n) is 3.76. The standard InChI is InChI=1S/C15H24N4/c1-4-13(18-15(16)17)19-9-11-7-5-6-8-12(11)14(19)10(2)3/h5-8,10,13-14H,4,9H2,1-3H3,(H4,16,17,18). The average molecular weight is 260 g/mol. The Morgan fingerprint density at radius 3 is 2.63 bits per heavy atom. The van der Waals surface area contributed by atoms with Crippen LogP contribution in [0.5, 0.6) is 0 Å². The number of hydrogen-bond donors (Lipinski definition) is 2. The van der Waals surface area contributed by atoms with E-state index < -0.39 is 0 Å². The van der Waals surface area contributed by atoms with Crippen LogP contribution in [0, 0.1) is 5.92 Å². The summed E-state index contributed by atoms with van der Waals surface area (Å²) in [5.41, 5.74) is 13.9. The zero-order valence-electron chi connectivity index (χ0n) is 12.0. The van der Waals surface area contributed by atoms with Gasteiger partial charge in [-0.25, -0.2) is 4.99 Å². The molecule has 0 aliphatic carbocycles. The van der Waals surface area contributed by atoms with Gasteiger partial charge in [-0.3, -0.25) is 4.90 Å². The van der Waals surface area contributed by atoms with Gasteiger partial charge in [0, 0.05) is 12.6 Å². The number of aliphatic imine (C=N–C) groups is 1. The summed E-state index contributed by atoms with van der Waals surface area (Å²) in [6, 6.07) is 9.03. The first-order chi connectivity index (χ1) is 9.04. The highest BCUT2D eigenvalue weighted by atomic mass is 15.3. The highest BCUT2D eigenvalue weighted by molar-refractivity contribution is 5.75. The van der Waals surface area contributed by atoms with Gasteiger partial charge < -0.3 is 11.5 Å². The van der Waals surface area contributed by atoms with Crippen LogP contribution in [-0.2, 0) is 6.54 Å². The highest BCUT2D eigenvalue weighted by Gasteiger charge is 2.35. The van der Waals surface area contributed by atoms with Gasteiger partial charge in [-0.2, -0.15) is 0 Å². The Labute approximate surface area is 115 Å². The fourth-order valence-electron chi connectivity index (χ4n) is 3.05. The van der Waals surface area contributed by atoms with E-state index in [2.05, 4.69) is 54.9 Å². The smallest absolute Gasteiger partial charge is 0.187 e. The van der Waals surface area contributed by atoms with E-state index in [0.717, 1.165) is 13.0 Å². The second kappa shape index (κ2) is 5.61. The zero-order valence-corrected chi connectivity index (χ0v) is 12.0. The lowest BCUT2D eigenvalue weighted by molar-refractivity contribution is 0.114. The van der Waals surface area contributed by atoms with E-state index in [4.69, 9.17) is 11.5 Å². The molecule has 1 aliphatic rings. The molecule has 2 atom stereocenters. The number of guanidine groups is 1. The van der Waals surface area contributed by atoms with Gasteiger partial charge in [-0.05, 0) is 23.5 Å². The summed E-state index contributed by atoms with van der Waals surface area (Å²) in [6.07, 6.45) is 0.972. The largest absolute Gasteiger partial charge is 0.370 e. The van der Waals surface area contributed by atoms with Crippen LogP contribution < -0.4 is 11.5 Å². The molecule has 4 nitrogen and oxygen atoms in total. The van der Waals surface area contributed by atoms with Crippen molar-refractivity contribution in [2.45, 2.75) is 45.9 Å². The van der Waals surface area contributed by atoms with E-state index in [1.807, 2.05) is 0 Å². The van der Waals surface area contributed by atoms with Gasteiger partial charge in [0.25, 0.3) is 0 Å². The maximum atomic E-state index is 5.56. The van der Waals surface area contributed by atoms with E-state index in [1.54, 1.807) is 0 Å². The molecule has 1 aromatic carbocycles. The second-order valence-electron chi connectivity index (χ2n) is 5.50. The minimum Gasteiger partial charge on any atom is -0.370 e. The Balaban J connectivity index is 2.35. The first kappa shape index (κ1) is 13.9. The SMILES string of the molecule is CCC(N=C(N)N)N1Cc2ccccc2C1C(C)C. The van der Waals surface area contributed by atoms with Crippen LogP contribution in [0.3, 0.4) is 0 Å². The maximum absolute atomic E-state index is 5.56. The molecule has 0 fully saturated rings. The number of nitrogens with zero attached hydrogens (tertiary/aromatic N) is 2. The van der Waals surface area contributed by atoms with E-state index >= 15 is 0 Å². The molecule has 0 saturated heterocycles. The lowest BCUT2D eigenvalue weighted by Gasteiger charge is -2.32. The molecule has 4 heteroatoms. The second-order valence-corrected chi connectivity index (χ2v) is 5.50. The highest BCUT2D eigenvalue weighted by Crippen LogP contribution is 2.40. The number of fused-ring (bicyclic) bond motifs is 1. The van der Waals surface area contributed by atoms with Gasteiger partial charge in [0.15, 0.2) is 5.96 Å². The van der Waals surface area contributed by atoms with Gasteiger partial charge in [-0.1, -0.05) is 45.0 Å². The van der Waals surface area contributed by atoms with Gasteiger partial charge in [0.05, 0.1) is 0 Å². The quantitative estimate of drug-likeness (QED) is 0.644. The Hall–Kier alpha value is -1.55. The molecule has 0 bridgehead atoms. The molecule has 1 aliphatic heterocycles. The summed E-state index contributed by atoms with van der Waals surface area (Å²) < 4.78 is 0. The Morgan fingerprint density at radius 1 is 1.37 bits per heavy atom. The van der Waals surface area contributed by atoms with Crippen molar-refractivity contribution in [1.82, 2.24) is 4.90 Å². The summed E-state index contributed by atoms with van der Waals surface area (Å²) in [5.74, 6) is 0.706. The van der Waals surface area contributed by atoms with Crippen molar-refractivity contribution >= 4 is 5.96 Å². The molecular formula is C15H24N4. The predicted octanol–water partition coefficient (Wildman–Crippen LogP) is 2.21. The van der Waals surface area contributed by atoms with Crippen molar-refractivity contribution in [1.29, 1.82) is 0 Å². The molecule has 104 valence electrons. The van der Waals surface area contributed by atoms with Crippen LogP contribution in [0.2, 0.25) is 0 Å². The van der Waals surface area contributed by atoms with Gasteiger partial charge in [0.2, 0.25) is 0 Å². The van der Waals surface area contributed by atoms with E-state index in [1.165, 1.54) is 11.1 Å². The summed E-state index contributed by atoms with van der Waals surface area (Å²) in [5, 5.41) is 0. The fraction of sp³-hybridized carbons (Fsp3) is 0.533. The molecule has 4 N–H and O–H groups in total. The molecule has 0 aromatic heterocycles. The maximum Gasteiger partial charge on any atom is 0.187 e. The minimum atomic E-state index is 0.0600. The lowest BCUT2D eigenvalue weighted by Crippen LogP contribution is -2.37. The third-order valence-corrected chi connectivity index (χ3v) is 3.76.